The number of nitrogens with one attached hydrogen (secondary N) is 1. The van der Waals surface area contributed by atoms with Crippen LogP contribution < -0.4 is 11.1 Å². The number of halogens is 1. The summed E-state index contributed by atoms with van der Waals surface area (Å²) in [7, 11) is 0. The van der Waals surface area contributed by atoms with Gasteiger partial charge in [-0.25, -0.2) is 0 Å². The van der Waals surface area contributed by atoms with Gasteiger partial charge in [-0.3, -0.25) is 4.79 Å². The molecular weight excluding hydrogens is 276 g/mol. The zero-order chi connectivity index (χ0) is 13.5. The van der Waals surface area contributed by atoms with E-state index in [1.165, 1.54) is 19.3 Å². The molecule has 0 radical (unpaired) electrons. The Bertz CT molecular complexity index is 360. The Morgan fingerprint density at radius 2 is 2.10 bits per heavy atom. The SMILES string of the molecule is CCOC1CC(NC(=O)C2CCC(N)C2)C12CCC2.Cl. The second-order valence-electron chi connectivity index (χ2n) is 6.60. The Balaban J connectivity index is 0.00000147. The van der Waals surface area contributed by atoms with E-state index in [-0.39, 0.29) is 35.7 Å². The molecule has 0 aliphatic heterocycles. The van der Waals surface area contributed by atoms with Gasteiger partial charge in [0.15, 0.2) is 0 Å². The summed E-state index contributed by atoms with van der Waals surface area (Å²) in [6.07, 6.45) is 7.90. The average Bonchev–Trinajstić information content (AvgIpc) is 2.72. The summed E-state index contributed by atoms with van der Waals surface area (Å²) >= 11 is 0. The van der Waals surface area contributed by atoms with Gasteiger partial charge in [0.25, 0.3) is 0 Å². The Hall–Kier alpha value is -0.320. The molecule has 3 aliphatic rings. The lowest BCUT2D eigenvalue weighted by molar-refractivity contribution is -0.176. The summed E-state index contributed by atoms with van der Waals surface area (Å²) < 4.78 is 5.82. The van der Waals surface area contributed by atoms with Crippen molar-refractivity contribution in [3.63, 3.8) is 0 Å². The van der Waals surface area contributed by atoms with Gasteiger partial charge in [0.2, 0.25) is 5.91 Å². The zero-order valence-electron chi connectivity index (χ0n) is 12.3. The van der Waals surface area contributed by atoms with Crippen LogP contribution in [0.15, 0.2) is 0 Å². The van der Waals surface area contributed by atoms with Gasteiger partial charge in [-0.05, 0) is 45.4 Å². The third-order valence-corrected chi connectivity index (χ3v) is 5.60. The first-order valence-corrected chi connectivity index (χ1v) is 7.83. The van der Waals surface area contributed by atoms with Crippen LogP contribution in [0.4, 0.5) is 0 Å². The molecule has 0 saturated heterocycles. The molecule has 3 fully saturated rings. The Morgan fingerprint density at radius 3 is 2.60 bits per heavy atom. The molecule has 3 N–H and O–H groups in total. The number of hydrogen-bond acceptors (Lipinski definition) is 3. The molecule has 5 heteroatoms. The second kappa shape index (κ2) is 6.20. The zero-order valence-corrected chi connectivity index (χ0v) is 13.1. The van der Waals surface area contributed by atoms with Gasteiger partial charge < -0.3 is 15.8 Å². The van der Waals surface area contributed by atoms with E-state index >= 15 is 0 Å². The largest absolute Gasteiger partial charge is 0.378 e. The van der Waals surface area contributed by atoms with E-state index in [0.29, 0.717) is 12.1 Å². The molecule has 0 aromatic carbocycles. The van der Waals surface area contributed by atoms with Crippen molar-refractivity contribution in [3.8, 4) is 0 Å². The molecule has 3 saturated carbocycles. The van der Waals surface area contributed by atoms with Crippen molar-refractivity contribution in [1.82, 2.24) is 5.32 Å². The number of nitrogens with two attached hydrogens (primary N) is 1. The molecule has 3 aliphatic carbocycles. The quantitative estimate of drug-likeness (QED) is 0.835. The molecular formula is C15H27ClN2O2. The molecule has 4 atom stereocenters. The summed E-state index contributed by atoms with van der Waals surface area (Å²) in [5.74, 6) is 0.387. The van der Waals surface area contributed by atoms with E-state index in [0.717, 1.165) is 32.3 Å². The van der Waals surface area contributed by atoms with Gasteiger partial charge in [-0.15, -0.1) is 12.4 Å². The molecule has 1 amide bonds. The molecule has 0 aromatic rings. The van der Waals surface area contributed by atoms with E-state index in [9.17, 15) is 4.79 Å². The van der Waals surface area contributed by atoms with E-state index in [2.05, 4.69) is 12.2 Å². The third-order valence-electron chi connectivity index (χ3n) is 5.60. The predicted octanol–water partition coefficient (Wildman–Crippen LogP) is 2.00. The minimum absolute atomic E-state index is 0. The first kappa shape index (κ1) is 16.1. The number of carbonyl (C=O) groups is 1. The minimum atomic E-state index is 0. The summed E-state index contributed by atoms with van der Waals surface area (Å²) in [4.78, 5) is 12.3. The molecule has 116 valence electrons. The lowest BCUT2D eigenvalue weighted by Crippen LogP contribution is -2.68. The van der Waals surface area contributed by atoms with Gasteiger partial charge in [0, 0.05) is 30.0 Å². The highest BCUT2D eigenvalue weighted by molar-refractivity contribution is 5.85. The van der Waals surface area contributed by atoms with Crippen molar-refractivity contribution in [2.75, 3.05) is 6.61 Å². The molecule has 0 aromatic heterocycles. The number of amides is 1. The fourth-order valence-electron chi connectivity index (χ4n) is 4.18. The molecule has 1 spiro atoms. The standard InChI is InChI=1S/C15H26N2O2.ClH/c1-2-19-13-9-12(15(13)6-3-7-15)17-14(18)10-4-5-11(16)8-10;/h10-13H,2-9,16H2,1H3,(H,17,18);1H. The Kier molecular flexibility index (Phi) is 4.98. The molecule has 0 bridgehead atoms. The highest BCUT2D eigenvalue weighted by atomic mass is 35.5. The van der Waals surface area contributed by atoms with Crippen molar-refractivity contribution in [2.45, 2.75) is 70.1 Å². The molecule has 20 heavy (non-hydrogen) atoms. The summed E-state index contributed by atoms with van der Waals surface area (Å²) in [5, 5.41) is 3.29. The van der Waals surface area contributed by atoms with E-state index in [1.54, 1.807) is 0 Å². The van der Waals surface area contributed by atoms with Crippen molar-refractivity contribution in [3.05, 3.63) is 0 Å². The van der Waals surface area contributed by atoms with Crippen LogP contribution in [0.3, 0.4) is 0 Å². The highest BCUT2D eigenvalue weighted by Gasteiger charge is 2.59. The Morgan fingerprint density at radius 1 is 1.35 bits per heavy atom. The maximum absolute atomic E-state index is 12.3. The van der Waals surface area contributed by atoms with E-state index < -0.39 is 0 Å². The first-order valence-electron chi connectivity index (χ1n) is 7.83. The minimum Gasteiger partial charge on any atom is -0.378 e. The molecule has 4 unspecified atom stereocenters. The average molecular weight is 303 g/mol. The lowest BCUT2D eigenvalue weighted by atomic mass is 9.51. The van der Waals surface area contributed by atoms with Crippen molar-refractivity contribution in [2.24, 2.45) is 17.1 Å². The number of hydrogen-bond donors (Lipinski definition) is 2. The van der Waals surface area contributed by atoms with Crippen molar-refractivity contribution < 1.29 is 9.53 Å². The summed E-state index contributed by atoms with van der Waals surface area (Å²) in [5.41, 5.74) is 6.16. The fraction of sp³-hybridized carbons (Fsp3) is 0.933. The molecule has 0 heterocycles. The topological polar surface area (TPSA) is 64.3 Å². The second-order valence-corrected chi connectivity index (χ2v) is 6.60. The molecule has 3 rings (SSSR count). The van der Waals surface area contributed by atoms with Crippen LogP contribution in [0.25, 0.3) is 0 Å². The van der Waals surface area contributed by atoms with Crippen LogP contribution in [-0.2, 0) is 9.53 Å². The van der Waals surface area contributed by atoms with Crippen LogP contribution in [0.1, 0.15) is 51.9 Å². The van der Waals surface area contributed by atoms with Gasteiger partial charge in [0.05, 0.1) is 6.10 Å². The third kappa shape index (κ3) is 2.58. The molecule has 4 nitrogen and oxygen atoms in total. The van der Waals surface area contributed by atoms with Crippen LogP contribution in [-0.4, -0.2) is 30.7 Å². The maximum atomic E-state index is 12.3. The van der Waals surface area contributed by atoms with Crippen molar-refractivity contribution in [1.29, 1.82) is 0 Å². The van der Waals surface area contributed by atoms with Gasteiger partial charge in [-0.2, -0.15) is 0 Å². The fourth-order valence-corrected chi connectivity index (χ4v) is 4.18. The summed E-state index contributed by atoms with van der Waals surface area (Å²) in [6.45, 7) is 2.84. The lowest BCUT2D eigenvalue weighted by Gasteiger charge is -2.61. The monoisotopic (exact) mass is 302 g/mol. The highest BCUT2D eigenvalue weighted by Crippen LogP contribution is 2.57. The van der Waals surface area contributed by atoms with Crippen LogP contribution in [0, 0.1) is 11.3 Å². The number of ether oxygens (including phenoxy) is 1. The van der Waals surface area contributed by atoms with Crippen LogP contribution in [0.5, 0.6) is 0 Å². The maximum Gasteiger partial charge on any atom is 0.223 e. The van der Waals surface area contributed by atoms with E-state index in [4.69, 9.17) is 10.5 Å². The van der Waals surface area contributed by atoms with Crippen molar-refractivity contribution >= 4 is 18.3 Å². The normalized spacial score (nSPS) is 37.7. The van der Waals surface area contributed by atoms with Gasteiger partial charge in [-0.1, -0.05) is 6.42 Å². The predicted molar refractivity (Wildman–Crippen MR) is 80.8 cm³/mol. The number of carbonyl (C=O) groups excluding carboxylic acids is 1. The summed E-state index contributed by atoms with van der Waals surface area (Å²) in [6, 6.07) is 0.577. The smallest absolute Gasteiger partial charge is 0.223 e. The number of rotatable bonds is 4. The van der Waals surface area contributed by atoms with E-state index in [1.807, 2.05) is 0 Å². The Labute approximate surface area is 127 Å². The first-order chi connectivity index (χ1) is 9.15. The van der Waals surface area contributed by atoms with Gasteiger partial charge >= 0.3 is 0 Å². The van der Waals surface area contributed by atoms with Crippen LogP contribution >= 0.6 is 12.4 Å². The van der Waals surface area contributed by atoms with Gasteiger partial charge in [0.1, 0.15) is 0 Å². The van der Waals surface area contributed by atoms with Crippen LogP contribution in [0.2, 0.25) is 0 Å².